The monoisotopic (exact) mass is 693 g/mol. The molecule has 0 saturated carbocycles. The Kier molecular flexibility index (Phi) is 11.1. The Labute approximate surface area is 272 Å². The summed E-state index contributed by atoms with van der Waals surface area (Å²) in [5.41, 5.74) is 0.384. The molecule has 0 fully saturated rings. The molecule has 10 nitrogen and oxygen atoms in total. The number of hydrogen-bond donors (Lipinski definition) is 2. The Morgan fingerprint density at radius 3 is 2.18 bits per heavy atom. The van der Waals surface area contributed by atoms with Crippen molar-refractivity contribution in [1.29, 1.82) is 0 Å². The third-order valence-electron chi connectivity index (χ3n) is 7.88. The largest absolute Gasteiger partial charge is 0.396 e. The second-order valence-corrected chi connectivity index (χ2v) is 21.4. The number of thiophene rings is 1. The van der Waals surface area contributed by atoms with Gasteiger partial charge in [0, 0.05) is 38.4 Å². The van der Waals surface area contributed by atoms with Crippen molar-refractivity contribution < 1.29 is 30.8 Å². The number of hydrogen-bond acceptors (Lipinski definition) is 9. The molecule has 1 aromatic heterocycles. The van der Waals surface area contributed by atoms with Gasteiger partial charge in [0.05, 0.1) is 0 Å². The molecule has 4 rings (SSSR count). The van der Waals surface area contributed by atoms with Gasteiger partial charge in [-0.25, -0.2) is 21.6 Å². The minimum Gasteiger partial charge on any atom is -0.396 e. The van der Waals surface area contributed by atoms with Gasteiger partial charge in [-0.15, -0.1) is 11.3 Å². The summed E-state index contributed by atoms with van der Waals surface area (Å²) in [6.45, 7) is 11.0. The lowest BCUT2D eigenvalue weighted by Crippen LogP contribution is -2.68. The molecule has 1 aliphatic heterocycles. The standard InChI is InChI=1S/C31H43N3O7S3Si/c1-7-32-27-22-34(19-14-20-40-6)44(38,39)30-26(27)21-28(42-30)43(36,37)33-29(35)23(2)41-45(31(3,4)5,24-15-10-8-11-16-24)25-17-12-9-13-18-25/h8-13,15-18,21,23,27,32H,7,14,19-20,22H2,1-6H3,(H,33,35)/t23-,27-/m0/s1. The molecule has 246 valence electrons. The van der Waals surface area contributed by atoms with Crippen molar-refractivity contribution in [3.05, 3.63) is 72.3 Å². The topological polar surface area (TPSA) is 131 Å². The van der Waals surface area contributed by atoms with Gasteiger partial charge in [-0.1, -0.05) is 88.4 Å². The molecule has 1 amide bonds. The van der Waals surface area contributed by atoms with E-state index in [0.717, 1.165) is 10.4 Å². The second-order valence-electron chi connectivity index (χ2n) is 12.0. The smallest absolute Gasteiger partial charge is 0.273 e. The molecular weight excluding hydrogens is 651 g/mol. The first-order chi connectivity index (χ1) is 21.2. The number of rotatable bonds is 13. The van der Waals surface area contributed by atoms with Crippen molar-refractivity contribution in [3.63, 3.8) is 0 Å². The highest BCUT2D eigenvalue weighted by Gasteiger charge is 2.52. The molecule has 0 aliphatic carbocycles. The van der Waals surface area contributed by atoms with E-state index in [0.29, 0.717) is 36.5 Å². The maximum Gasteiger partial charge on any atom is 0.273 e. The fourth-order valence-corrected chi connectivity index (χ4v) is 15.3. The predicted octanol–water partition coefficient (Wildman–Crippen LogP) is 3.21. The minimum absolute atomic E-state index is 0.0402. The average Bonchev–Trinajstić information content (AvgIpc) is 3.47. The van der Waals surface area contributed by atoms with Gasteiger partial charge in [0.15, 0.2) is 0 Å². The maximum atomic E-state index is 13.6. The van der Waals surface area contributed by atoms with Crippen LogP contribution in [0, 0.1) is 0 Å². The highest BCUT2D eigenvalue weighted by atomic mass is 32.3. The van der Waals surface area contributed by atoms with Crippen LogP contribution in [0.2, 0.25) is 5.04 Å². The maximum absolute atomic E-state index is 13.6. The summed E-state index contributed by atoms with van der Waals surface area (Å²) in [6, 6.07) is 20.5. The molecule has 0 unspecified atom stereocenters. The van der Waals surface area contributed by atoms with Crippen LogP contribution in [0.3, 0.4) is 0 Å². The Balaban J connectivity index is 1.66. The first-order valence-electron chi connectivity index (χ1n) is 14.9. The summed E-state index contributed by atoms with van der Waals surface area (Å²) in [7, 11) is -9.96. The number of nitrogens with zero attached hydrogens (tertiary/aromatic N) is 1. The first-order valence-corrected chi connectivity index (χ1v) is 20.6. The summed E-state index contributed by atoms with van der Waals surface area (Å²) in [4.78, 5) is 13.6. The van der Waals surface area contributed by atoms with Crippen LogP contribution in [0.1, 0.15) is 52.6 Å². The van der Waals surface area contributed by atoms with Gasteiger partial charge in [-0.05, 0) is 41.4 Å². The van der Waals surface area contributed by atoms with Gasteiger partial charge in [-0.2, -0.15) is 4.31 Å². The number of carbonyl (C=O) groups excluding carboxylic acids is 1. The highest BCUT2D eigenvalue weighted by Crippen LogP contribution is 2.41. The molecule has 0 spiro atoms. The number of benzene rings is 2. The normalized spacial score (nSPS) is 17.9. The van der Waals surface area contributed by atoms with Crippen molar-refractivity contribution in [2.75, 3.05) is 33.4 Å². The number of likely N-dealkylation sites (N-methyl/N-ethyl adjacent to an activating group) is 1. The number of carbonyl (C=O) groups is 1. The molecular formula is C31H43N3O7S3Si. The summed E-state index contributed by atoms with van der Waals surface area (Å²) >= 11 is 0.651. The number of ether oxygens (including phenoxy) is 1. The van der Waals surface area contributed by atoms with E-state index in [1.54, 1.807) is 14.0 Å². The van der Waals surface area contributed by atoms with Crippen LogP contribution >= 0.6 is 11.3 Å². The minimum atomic E-state index is -4.42. The molecule has 0 saturated heterocycles. The van der Waals surface area contributed by atoms with Crippen molar-refractivity contribution in [2.24, 2.45) is 0 Å². The van der Waals surface area contributed by atoms with Crippen LogP contribution in [0.5, 0.6) is 0 Å². The van der Waals surface area contributed by atoms with Crippen LogP contribution in [0.25, 0.3) is 0 Å². The van der Waals surface area contributed by atoms with Crippen LogP contribution in [-0.2, 0) is 34.0 Å². The van der Waals surface area contributed by atoms with Crippen molar-refractivity contribution in [2.45, 2.75) is 66.6 Å². The lowest BCUT2D eigenvalue weighted by molar-refractivity contribution is -0.125. The van der Waals surface area contributed by atoms with Crippen molar-refractivity contribution in [3.8, 4) is 0 Å². The zero-order valence-corrected chi connectivity index (χ0v) is 30.0. The average molecular weight is 694 g/mol. The lowest BCUT2D eigenvalue weighted by atomic mass is 10.1. The van der Waals surface area contributed by atoms with E-state index in [-0.39, 0.29) is 21.5 Å². The zero-order valence-electron chi connectivity index (χ0n) is 26.6. The molecule has 3 aromatic rings. The van der Waals surface area contributed by atoms with Crippen molar-refractivity contribution in [1.82, 2.24) is 14.3 Å². The van der Waals surface area contributed by atoms with Crippen LogP contribution < -0.4 is 20.4 Å². The zero-order chi connectivity index (χ0) is 33.0. The fraction of sp³-hybridized carbons (Fsp3) is 0.452. The lowest BCUT2D eigenvalue weighted by Gasteiger charge is -2.44. The summed E-state index contributed by atoms with van der Waals surface area (Å²) in [5.74, 6) is -0.832. The van der Waals surface area contributed by atoms with E-state index < -0.39 is 51.5 Å². The number of sulfonamides is 2. The van der Waals surface area contributed by atoms with Crippen LogP contribution in [-0.4, -0.2) is 74.8 Å². The van der Waals surface area contributed by atoms with E-state index in [1.807, 2.05) is 67.6 Å². The summed E-state index contributed by atoms with van der Waals surface area (Å²) < 4.78 is 69.4. The van der Waals surface area contributed by atoms with Gasteiger partial charge >= 0.3 is 0 Å². The molecule has 1 aliphatic rings. The Morgan fingerprint density at radius 1 is 1.09 bits per heavy atom. The molecule has 2 N–H and O–H groups in total. The van der Waals surface area contributed by atoms with Gasteiger partial charge in [0.25, 0.3) is 34.3 Å². The third-order valence-corrected chi connectivity index (χ3v) is 18.4. The van der Waals surface area contributed by atoms with Crippen LogP contribution in [0.15, 0.2) is 75.1 Å². The van der Waals surface area contributed by atoms with Gasteiger partial charge in [0.1, 0.15) is 14.5 Å². The van der Waals surface area contributed by atoms with E-state index in [2.05, 4.69) is 30.8 Å². The molecule has 2 aromatic carbocycles. The Morgan fingerprint density at radius 2 is 1.67 bits per heavy atom. The van der Waals surface area contributed by atoms with E-state index >= 15 is 0 Å². The number of methoxy groups -OCH3 is 1. The van der Waals surface area contributed by atoms with Gasteiger partial charge < -0.3 is 14.5 Å². The molecule has 14 heteroatoms. The Bertz CT molecular complexity index is 1640. The second kappa shape index (κ2) is 14.1. The number of fused-ring (bicyclic) bond motifs is 1. The third kappa shape index (κ3) is 7.28. The van der Waals surface area contributed by atoms with Crippen molar-refractivity contribution >= 4 is 56.0 Å². The van der Waals surface area contributed by atoms with Gasteiger partial charge in [0.2, 0.25) is 0 Å². The highest BCUT2D eigenvalue weighted by molar-refractivity contribution is 7.94. The number of amides is 1. The van der Waals surface area contributed by atoms with Gasteiger partial charge in [-0.3, -0.25) is 4.79 Å². The van der Waals surface area contributed by atoms with E-state index in [4.69, 9.17) is 9.16 Å². The fourth-order valence-electron chi connectivity index (χ4n) is 5.75. The molecule has 45 heavy (non-hydrogen) atoms. The predicted molar refractivity (Wildman–Crippen MR) is 179 cm³/mol. The van der Waals surface area contributed by atoms with Crippen LogP contribution in [0.4, 0.5) is 0 Å². The number of nitrogens with one attached hydrogen (secondary N) is 2. The first kappa shape index (κ1) is 35.4. The molecule has 0 radical (unpaired) electrons. The SMILES string of the molecule is CCN[C@H]1CN(CCCOC)S(=O)(=O)c2sc(S(=O)(=O)NC(=O)[C@H](C)O[Si](c3ccccc3)(c3ccccc3)C(C)(C)C)cc21. The summed E-state index contributed by atoms with van der Waals surface area (Å²) in [5, 5.41) is 4.74. The summed E-state index contributed by atoms with van der Waals surface area (Å²) in [6.07, 6.45) is -0.644. The van der Waals surface area contributed by atoms with E-state index in [9.17, 15) is 21.6 Å². The Hall–Kier alpha value is -2.43. The molecule has 2 heterocycles. The molecule has 0 bridgehead atoms. The molecule has 2 atom stereocenters. The quantitative estimate of drug-likeness (QED) is 0.206. The van der Waals surface area contributed by atoms with E-state index in [1.165, 1.54) is 10.4 Å².